The van der Waals surface area contributed by atoms with E-state index in [4.69, 9.17) is 4.74 Å². The molecule has 0 bridgehead atoms. The number of hydrogen-bond donors (Lipinski definition) is 2. The van der Waals surface area contributed by atoms with Gasteiger partial charge in [-0.05, 0) is 44.9 Å². The fourth-order valence-electron chi connectivity index (χ4n) is 3.84. The number of anilines is 2. The number of rotatable bonds is 6. The normalized spacial score (nSPS) is 23.4. The third-order valence-corrected chi connectivity index (χ3v) is 6.39. The Labute approximate surface area is 165 Å². The highest BCUT2D eigenvalue weighted by atomic mass is 32.2. The third kappa shape index (κ3) is 6.01. The molecule has 1 aliphatic carbocycles. The third-order valence-electron chi connectivity index (χ3n) is 5.01. The number of carbonyl (C=O) groups is 1. The standard InChI is InChI=1S/C20H30FN3O2S/c1-14-12-24(13-15(2)26-14)19-8-7-16(11-18(19)21)23-20(25)22-9-10-27-17-5-3-4-6-17/h7-8,11,14-15,17H,3-6,9-10,12-13H2,1-2H3,(H2,22,23,25). The number of carbonyl (C=O) groups excluding carboxylic acids is 1. The molecule has 1 saturated heterocycles. The molecule has 1 heterocycles. The average molecular weight is 396 g/mol. The smallest absolute Gasteiger partial charge is 0.319 e. The van der Waals surface area contributed by atoms with Crippen molar-refractivity contribution in [1.82, 2.24) is 5.32 Å². The van der Waals surface area contributed by atoms with E-state index in [1.165, 1.54) is 31.7 Å². The molecule has 0 radical (unpaired) electrons. The number of amides is 2. The van der Waals surface area contributed by atoms with Crippen LogP contribution >= 0.6 is 11.8 Å². The summed E-state index contributed by atoms with van der Waals surface area (Å²) in [7, 11) is 0. The highest BCUT2D eigenvalue weighted by Crippen LogP contribution is 2.29. The number of morpholine rings is 1. The molecule has 7 heteroatoms. The predicted octanol–water partition coefficient (Wildman–Crippen LogP) is 4.24. The van der Waals surface area contributed by atoms with E-state index in [9.17, 15) is 9.18 Å². The van der Waals surface area contributed by atoms with E-state index >= 15 is 0 Å². The van der Waals surface area contributed by atoms with Crippen LogP contribution in [0.15, 0.2) is 18.2 Å². The largest absolute Gasteiger partial charge is 0.372 e. The maximum Gasteiger partial charge on any atom is 0.319 e. The van der Waals surface area contributed by atoms with Gasteiger partial charge >= 0.3 is 6.03 Å². The highest BCUT2D eigenvalue weighted by Gasteiger charge is 2.24. The molecule has 0 spiro atoms. The molecule has 1 saturated carbocycles. The van der Waals surface area contributed by atoms with Crippen LogP contribution in [0.25, 0.3) is 0 Å². The molecule has 150 valence electrons. The van der Waals surface area contributed by atoms with Gasteiger partial charge in [0.2, 0.25) is 0 Å². The van der Waals surface area contributed by atoms with Crippen molar-refractivity contribution in [2.24, 2.45) is 0 Å². The molecule has 2 N–H and O–H groups in total. The Hall–Kier alpha value is -1.47. The SMILES string of the molecule is CC1CN(c2ccc(NC(=O)NCCSC3CCCC3)cc2F)CC(C)O1. The summed E-state index contributed by atoms with van der Waals surface area (Å²) in [6.45, 7) is 5.93. The van der Waals surface area contributed by atoms with Gasteiger partial charge in [-0.3, -0.25) is 0 Å². The lowest BCUT2D eigenvalue weighted by molar-refractivity contribution is -0.00539. The quantitative estimate of drug-likeness (QED) is 0.708. The second kappa shape index (κ2) is 9.64. The van der Waals surface area contributed by atoms with Crippen LogP contribution < -0.4 is 15.5 Å². The Morgan fingerprint density at radius 2 is 1.96 bits per heavy atom. The number of hydrogen-bond acceptors (Lipinski definition) is 4. The van der Waals surface area contributed by atoms with Gasteiger partial charge in [0.1, 0.15) is 5.82 Å². The zero-order valence-electron chi connectivity index (χ0n) is 16.2. The van der Waals surface area contributed by atoms with Crippen molar-refractivity contribution in [2.45, 2.75) is 57.0 Å². The Morgan fingerprint density at radius 1 is 1.26 bits per heavy atom. The van der Waals surface area contributed by atoms with Crippen molar-refractivity contribution in [3.63, 3.8) is 0 Å². The van der Waals surface area contributed by atoms with Crippen LogP contribution in [-0.4, -0.2) is 48.9 Å². The predicted molar refractivity (Wildman–Crippen MR) is 110 cm³/mol. The summed E-state index contributed by atoms with van der Waals surface area (Å²) in [4.78, 5) is 14.0. The van der Waals surface area contributed by atoms with E-state index in [1.54, 1.807) is 12.1 Å². The monoisotopic (exact) mass is 395 g/mol. The lowest BCUT2D eigenvalue weighted by Gasteiger charge is -2.37. The second-order valence-corrected chi connectivity index (χ2v) is 8.89. The number of thioether (sulfide) groups is 1. The fraction of sp³-hybridized carbons (Fsp3) is 0.650. The Balaban J connectivity index is 1.46. The van der Waals surface area contributed by atoms with Crippen LogP contribution in [0.1, 0.15) is 39.5 Å². The van der Waals surface area contributed by atoms with E-state index in [-0.39, 0.29) is 24.1 Å². The molecule has 1 aromatic carbocycles. The van der Waals surface area contributed by atoms with Gasteiger partial charge in [-0.2, -0.15) is 11.8 Å². The molecular weight excluding hydrogens is 365 g/mol. The summed E-state index contributed by atoms with van der Waals surface area (Å²) < 4.78 is 20.3. The van der Waals surface area contributed by atoms with Crippen molar-refractivity contribution in [3.05, 3.63) is 24.0 Å². The minimum absolute atomic E-state index is 0.0684. The first kappa shape index (κ1) is 20.3. The number of halogens is 1. The van der Waals surface area contributed by atoms with Gasteiger partial charge in [0, 0.05) is 36.3 Å². The molecule has 2 atom stereocenters. The zero-order chi connectivity index (χ0) is 19.2. The summed E-state index contributed by atoms with van der Waals surface area (Å²) in [5, 5.41) is 6.31. The molecule has 2 fully saturated rings. The van der Waals surface area contributed by atoms with Gasteiger partial charge in [-0.25, -0.2) is 9.18 Å². The van der Waals surface area contributed by atoms with Crippen molar-refractivity contribution >= 4 is 29.2 Å². The minimum atomic E-state index is -0.328. The molecule has 2 aliphatic rings. The number of nitrogens with one attached hydrogen (secondary N) is 2. The maximum atomic E-state index is 14.6. The molecule has 1 aliphatic heterocycles. The van der Waals surface area contributed by atoms with E-state index in [1.807, 2.05) is 30.5 Å². The summed E-state index contributed by atoms with van der Waals surface area (Å²) in [5.41, 5.74) is 1.02. The van der Waals surface area contributed by atoms with E-state index < -0.39 is 0 Å². The first-order valence-electron chi connectivity index (χ1n) is 9.87. The molecule has 1 aromatic rings. The number of ether oxygens (including phenoxy) is 1. The lowest BCUT2D eigenvalue weighted by atomic mass is 10.2. The van der Waals surface area contributed by atoms with Crippen LogP contribution in [0.5, 0.6) is 0 Å². The van der Waals surface area contributed by atoms with Gasteiger partial charge in [0.05, 0.1) is 17.9 Å². The van der Waals surface area contributed by atoms with E-state index in [0.29, 0.717) is 31.0 Å². The summed E-state index contributed by atoms with van der Waals surface area (Å²) >= 11 is 1.93. The van der Waals surface area contributed by atoms with Gasteiger partial charge in [0.15, 0.2) is 0 Å². The van der Waals surface area contributed by atoms with Crippen molar-refractivity contribution < 1.29 is 13.9 Å². The van der Waals surface area contributed by atoms with Crippen LogP contribution in [0.4, 0.5) is 20.6 Å². The topological polar surface area (TPSA) is 53.6 Å². The van der Waals surface area contributed by atoms with E-state index in [2.05, 4.69) is 10.6 Å². The molecule has 2 amide bonds. The molecule has 0 aromatic heterocycles. The molecule has 2 unspecified atom stereocenters. The van der Waals surface area contributed by atoms with Gasteiger partial charge in [-0.1, -0.05) is 12.8 Å². The van der Waals surface area contributed by atoms with Crippen LogP contribution in [0, 0.1) is 5.82 Å². The minimum Gasteiger partial charge on any atom is -0.372 e. The zero-order valence-corrected chi connectivity index (χ0v) is 17.0. The average Bonchev–Trinajstić information content (AvgIpc) is 3.11. The molecule has 3 rings (SSSR count). The number of urea groups is 1. The van der Waals surface area contributed by atoms with Crippen molar-refractivity contribution in [3.8, 4) is 0 Å². The van der Waals surface area contributed by atoms with Gasteiger partial charge in [-0.15, -0.1) is 0 Å². The van der Waals surface area contributed by atoms with Crippen LogP contribution in [0.3, 0.4) is 0 Å². The second-order valence-electron chi connectivity index (χ2n) is 7.49. The Morgan fingerprint density at radius 3 is 2.63 bits per heavy atom. The number of benzene rings is 1. The molecule has 27 heavy (non-hydrogen) atoms. The highest BCUT2D eigenvalue weighted by molar-refractivity contribution is 7.99. The first-order valence-corrected chi connectivity index (χ1v) is 10.9. The van der Waals surface area contributed by atoms with E-state index in [0.717, 1.165) is 11.0 Å². The molecular formula is C20H30FN3O2S. The summed E-state index contributed by atoms with van der Waals surface area (Å²) in [6, 6.07) is 4.57. The Kier molecular flexibility index (Phi) is 7.24. The molecule has 5 nitrogen and oxygen atoms in total. The first-order chi connectivity index (χ1) is 13.0. The number of nitrogens with zero attached hydrogens (tertiary/aromatic N) is 1. The Bertz CT molecular complexity index is 630. The van der Waals surface area contributed by atoms with Gasteiger partial charge < -0.3 is 20.3 Å². The van der Waals surface area contributed by atoms with Crippen molar-refractivity contribution in [2.75, 3.05) is 35.6 Å². The van der Waals surface area contributed by atoms with Crippen molar-refractivity contribution in [1.29, 1.82) is 0 Å². The maximum absolute atomic E-state index is 14.6. The van der Waals surface area contributed by atoms with Gasteiger partial charge in [0.25, 0.3) is 0 Å². The van der Waals surface area contributed by atoms with Crippen LogP contribution in [0.2, 0.25) is 0 Å². The van der Waals surface area contributed by atoms with Crippen LogP contribution in [-0.2, 0) is 4.74 Å². The fourth-order valence-corrected chi connectivity index (χ4v) is 5.06. The summed E-state index contributed by atoms with van der Waals surface area (Å²) in [6.07, 6.45) is 5.38. The summed E-state index contributed by atoms with van der Waals surface area (Å²) in [5.74, 6) is 0.588. The lowest BCUT2D eigenvalue weighted by Crippen LogP contribution is -2.45.